The number of thiophene rings is 1. The van der Waals surface area contributed by atoms with Crippen molar-refractivity contribution in [3.63, 3.8) is 0 Å². The second kappa shape index (κ2) is 9.01. The Hall–Kier alpha value is -3.38. The van der Waals surface area contributed by atoms with Gasteiger partial charge in [0.1, 0.15) is 5.70 Å². The minimum Gasteiger partial charge on any atom is -0.372 e. The lowest BCUT2D eigenvalue weighted by Crippen LogP contribution is -2.33. The highest BCUT2D eigenvalue weighted by molar-refractivity contribution is 7.11. The van der Waals surface area contributed by atoms with Crippen LogP contribution in [0.15, 0.2) is 65.7 Å². The molecule has 1 aromatic heterocycles. The molecule has 0 unspecified atom stereocenters. The molecule has 2 heterocycles. The first-order valence-electron chi connectivity index (χ1n) is 10.8. The fraction of sp³-hybridized carbons (Fsp3) is 0.231. The smallest absolute Gasteiger partial charge is 0.282 e. The van der Waals surface area contributed by atoms with Crippen LogP contribution in [0.5, 0.6) is 0 Å². The maximum Gasteiger partial charge on any atom is 0.282 e. The first kappa shape index (κ1) is 21.8. The molecule has 2 aromatic carbocycles. The summed E-state index contributed by atoms with van der Waals surface area (Å²) >= 11 is 1.45. The van der Waals surface area contributed by atoms with Crippen LogP contribution in [0, 0.1) is 13.8 Å². The summed E-state index contributed by atoms with van der Waals surface area (Å²) in [5, 5.41) is 5.16. The molecule has 0 saturated carbocycles. The predicted octanol–water partition coefficient (Wildman–Crippen LogP) is 5.61. The van der Waals surface area contributed by atoms with Crippen LogP contribution >= 0.6 is 11.3 Å². The summed E-state index contributed by atoms with van der Waals surface area (Å²) in [7, 11) is 0. The van der Waals surface area contributed by atoms with E-state index in [0.717, 1.165) is 40.5 Å². The summed E-state index contributed by atoms with van der Waals surface area (Å²) in [6.07, 6.45) is 0. The molecule has 2 amide bonds. The molecule has 0 fully saturated rings. The SMILES string of the molecule is CCN(CC)c1ccc(NC2=C(c3cccs3)C(=O)N(c3ccc(C)cc3C)C2=O)cc1. The number of amides is 2. The van der Waals surface area contributed by atoms with E-state index < -0.39 is 0 Å². The number of rotatable bonds is 7. The number of anilines is 3. The van der Waals surface area contributed by atoms with Gasteiger partial charge in [0, 0.05) is 29.3 Å². The molecule has 1 aliphatic heterocycles. The summed E-state index contributed by atoms with van der Waals surface area (Å²) in [6.45, 7) is 10.0. The van der Waals surface area contributed by atoms with Gasteiger partial charge in [-0.15, -0.1) is 11.3 Å². The molecule has 0 spiro atoms. The number of hydrogen-bond donors (Lipinski definition) is 1. The third-order valence-electron chi connectivity index (χ3n) is 5.71. The second-order valence-electron chi connectivity index (χ2n) is 7.81. The van der Waals surface area contributed by atoms with E-state index in [1.165, 1.54) is 16.2 Å². The number of nitrogens with zero attached hydrogens (tertiary/aromatic N) is 2. The van der Waals surface area contributed by atoms with E-state index in [-0.39, 0.29) is 11.8 Å². The molecule has 1 aliphatic rings. The Morgan fingerprint density at radius 1 is 0.938 bits per heavy atom. The molecule has 0 bridgehead atoms. The van der Waals surface area contributed by atoms with E-state index in [1.54, 1.807) is 0 Å². The fourth-order valence-electron chi connectivity index (χ4n) is 4.06. The van der Waals surface area contributed by atoms with Crippen molar-refractivity contribution in [3.8, 4) is 0 Å². The first-order valence-corrected chi connectivity index (χ1v) is 11.7. The Morgan fingerprint density at radius 2 is 1.66 bits per heavy atom. The molecule has 0 saturated heterocycles. The lowest BCUT2D eigenvalue weighted by atomic mass is 10.1. The van der Waals surface area contributed by atoms with Gasteiger partial charge in [0.25, 0.3) is 11.8 Å². The Morgan fingerprint density at radius 3 is 2.25 bits per heavy atom. The van der Waals surface area contributed by atoms with Crippen molar-refractivity contribution < 1.29 is 9.59 Å². The van der Waals surface area contributed by atoms with Crippen molar-refractivity contribution in [3.05, 3.63) is 81.7 Å². The molecule has 0 atom stereocenters. The summed E-state index contributed by atoms with van der Waals surface area (Å²) in [5.41, 5.74) is 5.22. The van der Waals surface area contributed by atoms with Gasteiger partial charge < -0.3 is 10.2 Å². The predicted molar refractivity (Wildman–Crippen MR) is 133 cm³/mol. The van der Waals surface area contributed by atoms with E-state index in [1.807, 2.05) is 73.8 Å². The molecule has 3 aromatic rings. The first-order chi connectivity index (χ1) is 15.4. The van der Waals surface area contributed by atoms with Crippen molar-refractivity contribution in [1.29, 1.82) is 0 Å². The number of benzene rings is 2. The van der Waals surface area contributed by atoms with E-state index >= 15 is 0 Å². The van der Waals surface area contributed by atoms with E-state index in [9.17, 15) is 9.59 Å². The third kappa shape index (κ3) is 3.94. The topological polar surface area (TPSA) is 52.7 Å². The van der Waals surface area contributed by atoms with Crippen molar-refractivity contribution in [2.24, 2.45) is 0 Å². The molecule has 0 radical (unpaired) electrons. The van der Waals surface area contributed by atoms with Crippen molar-refractivity contribution in [1.82, 2.24) is 0 Å². The number of aryl methyl sites for hydroxylation is 2. The zero-order valence-electron chi connectivity index (χ0n) is 18.8. The quantitative estimate of drug-likeness (QED) is 0.481. The summed E-state index contributed by atoms with van der Waals surface area (Å²) < 4.78 is 0. The van der Waals surface area contributed by atoms with Crippen molar-refractivity contribution >= 4 is 45.8 Å². The van der Waals surface area contributed by atoms with Gasteiger partial charge >= 0.3 is 0 Å². The van der Waals surface area contributed by atoms with Crippen molar-refractivity contribution in [2.45, 2.75) is 27.7 Å². The number of imide groups is 1. The molecule has 0 aliphatic carbocycles. The Bertz CT molecular complexity index is 1180. The lowest BCUT2D eigenvalue weighted by molar-refractivity contribution is -0.120. The van der Waals surface area contributed by atoms with Crippen LogP contribution in [0.2, 0.25) is 0 Å². The van der Waals surface area contributed by atoms with Crippen LogP contribution in [0.4, 0.5) is 17.1 Å². The zero-order valence-corrected chi connectivity index (χ0v) is 19.6. The highest BCUT2D eigenvalue weighted by Crippen LogP contribution is 2.37. The highest BCUT2D eigenvalue weighted by atomic mass is 32.1. The monoisotopic (exact) mass is 445 g/mol. The summed E-state index contributed by atoms with van der Waals surface area (Å²) in [4.78, 5) is 31.3. The van der Waals surface area contributed by atoms with Gasteiger partial charge in [0.2, 0.25) is 0 Å². The number of carbonyl (C=O) groups is 2. The van der Waals surface area contributed by atoms with Crippen LogP contribution in [0.1, 0.15) is 29.9 Å². The Labute approximate surface area is 193 Å². The highest BCUT2D eigenvalue weighted by Gasteiger charge is 2.41. The maximum atomic E-state index is 13.5. The number of nitrogens with one attached hydrogen (secondary N) is 1. The zero-order chi connectivity index (χ0) is 22.8. The van der Waals surface area contributed by atoms with Crippen molar-refractivity contribution in [2.75, 3.05) is 28.2 Å². The average molecular weight is 446 g/mol. The molecule has 1 N–H and O–H groups in total. The minimum absolute atomic E-state index is 0.299. The molecular formula is C26H27N3O2S. The molecule has 4 rings (SSSR count). The second-order valence-corrected chi connectivity index (χ2v) is 8.75. The van der Waals surface area contributed by atoms with E-state index in [4.69, 9.17) is 0 Å². The third-order valence-corrected chi connectivity index (χ3v) is 6.60. The number of carbonyl (C=O) groups excluding carboxylic acids is 2. The van der Waals surface area contributed by atoms with Crippen LogP contribution in [0.25, 0.3) is 5.57 Å². The van der Waals surface area contributed by atoms with Gasteiger partial charge in [-0.2, -0.15) is 0 Å². The van der Waals surface area contributed by atoms with Crippen LogP contribution < -0.4 is 15.1 Å². The minimum atomic E-state index is -0.335. The van der Waals surface area contributed by atoms with Gasteiger partial charge in [-0.25, -0.2) is 4.90 Å². The van der Waals surface area contributed by atoms with Crippen LogP contribution in [-0.4, -0.2) is 24.9 Å². The largest absolute Gasteiger partial charge is 0.372 e. The Kier molecular flexibility index (Phi) is 6.15. The molecule has 164 valence electrons. The van der Waals surface area contributed by atoms with Gasteiger partial charge in [0.15, 0.2) is 0 Å². The van der Waals surface area contributed by atoms with Gasteiger partial charge in [-0.3, -0.25) is 9.59 Å². The normalized spacial score (nSPS) is 13.8. The van der Waals surface area contributed by atoms with Gasteiger partial charge in [0.05, 0.1) is 11.3 Å². The molecular weight excluding hydrogens is 418 g/mol. The lowest BCUT2D eigenvalue weighted by Gasteiger charge is -2.21. The number of hydrogen-bond acceptors (Lipinski definition) is 5. The van der Waals surface area contributed by atoms with Gasteiger partial charge in [-0.05, 0) is 75.0 Å². The van der Waals surface area contributed by atoms with Crippen LogP contribution in [-0.2, 0) is 9.59 Å². The van der Waals surface area contributed by atoms with E-state index in [0.29, 0.717) is 17.0 Å². The fourth-order valence-corrected chi connectivity index (χ4v) is 4.83. The standard InChI is InChI=1S/C26H27N3O2S/c1-5-28(6-2)20-12-10-19(11-13-20)27-24-23(22-8-7-15-32-22)25(30)29(26(24)31)21-14-9-17(3)16-18(21)4/h7-16,27H,5-6H2,1-4H3. The summed E-state index contributed by atoms with van der Waals surface area (Å²) in [6, 6.07) is 17.5. The molecule has 5 nitrogen and oxygen atoms in total. The van der Waals surface area contributed by atoms with Crippen LogP contribution in [0.3, 0.4) is 0 Å². The molecule has 32 heavy (non-hydrogen) atoms. The van der Waals surface area contributed by atoms with Gasteiger partial charge in [-0.1, -0.05) is 23.8 Å². The summed E-state index contributed by atoms with van der Waals surface area (Å²) in [5.74, 6) is -0.634. The molecule has 6 heteroatoms. The maximum absolute atomic E-state index is 13.5. The van der Waals surface area contributed by atoms with E-state index in [2.05, 4.69) is 24.1 Å². The average Bonchev–Trinajstić information content (AvgIpc) is 3.38. The Balaban J connectivity index is 1.72.